The molecule has 0 saturated heterocycles. The summed E-state index contributed by atoms with van der Waals surface area (Å²) >= 11 is 0. The number of nitrogens with two attached hydrogens (primary N) is 1. The van der Waals surface area contributed by atoms with E-state index >= 15 is 0 Å². The lowest BCUT2D eigenvalue weighted by molar-refractivity contribution is -0.142. The van der Waals surface area contributed by atoms with Gasteiger partial charge >= 0.3 is 5.97 Å². The molecule has 0 amide bonds. The highest BCUT2D eigenvalue weighted by Gasteiger charge is 2.16. The first kappa shape index (κ1) is 15.2. The number of methoxy groups -OCH3 is 1. The van der Waals surface area contributed by atoms with Crippen LogP contribution >= 0.6 is 12.4 Å². The van der Waals surface area contributed by atoms with Crippen LogP contribution in [0.15, 0.2) is 35.1 Å². The van der Waals surface area contributed by atoms with E-state index in [0.29, 0.717) is 0 Å². The molecule has 0 fully saturated rings. The van der Waals surface area contributed by atoms with Crippen LogP contribution in [-0.2, 0) is 16.0 Å². The van der Waals surface area contributed by atoms with Gasteiger partial charge in [-0.3, -0.25) is 9.59 Å². The van der Waals surface area contributed by atoms with E-state index in [2.05, 4.69) is 9.72 Å². The number of carbonyl (C=O) groups excluding carboxylic acids is 1. The molecule has 1 unspecified atom stereocenters. The van der Waals surface area contributed by atoms with Gasteiger partial charge in [-0.05, 0) is 18.1 Å². The largest absolute Gasteiger partial charge is 0.468 e. The second-order valence-corrected chi connectivity index (χ2v) is 4.04. The van der Waals surface area contributed by atoms with Crippen LogP contribution in [0.2, 0.25) is 0 Å². The molecule has 1 aromatic carbocycles. The van der Waals surface area contributed by atoms with Crippen molar-refractivity contribution in [3.05, 3.63) is 46.2 Å². The summed E-state index contributed by atoms with van der Waals surface area (Å²) in [4.78, 5) is 25.6. The molecule has 0 radical (unpaired) electrons. The Kier molecular flexibility index (Phi) is 5.09. The summed E-state index contributed by atoms with van der Waals surface area (Å²) in [6.07, 6.45) is 0.275. The highest BCUT2D eigenvalue weighted by molar-refractivity contribution is 5.85. The first-order valence-electron chi connectivity index (χ1n) is 5.56. The minimum absolute atomic E-state index is 0. The fourth-order valence-electron chi connectivity index (χ4n) is 1.92. The Bertz CT molecular complexity index is 639. The minimum Gasteiger partial charge on any atom is -0.468 e. The summed E-state index contributed by atoms with van der Waals surface area (Å²) in [5.41, 5.74) is 6.98. The molecule has 0 bridgehead atoms. The van der Waals surface area contributed by atoms with E-state index in [1.54, 1.807) is 0 Å². The van der Waals surface area contributed by atoms with Gasteiger partial charge in [0.15, 0.2) is 0 Å². The molecule has 6 heteroatoms. The van der Waals surface area contributed by atoms with Gasteiger partial charge in [0, 0.05) is 17.0 Å². The molecule has 0 saturated carbocycles. The van der Waals surface area contributed by atoms with Crippen molar-refractivity contribution in [3.8, 4) is 0 Å². The van der Waals surface area contributed by atoms with Gasteiger partial charge in [0.05, 0.1) is 7.11 Å². The lowest BCUT2D eigenvalue weighted by Gasteiger charge is -2.11. The second kappa shape index (κ2) is 6.36. The first-order chi connectivity index (χ1) is 8.61. The molecule has 1 heterocycles. The van der Waals surface area contributed by atoms with Gasteiger partial charge in [0.1, 0.15) is 6.04 Å². The lowest BCUT2D eigenvalue weighted by Crippen LogP contribution is -2.34. The second-order valence-electron chi connectivity index (χ2n) is 4.04. The normalized spacial score (nSPS) is 11.7. The number of aromatic nitrogens is 1. The quantitative estimate of drug-likeness (QED) is 0.822. The Morgan fingerprint density at radius 1 is 1.42 bits per heavy atom. The van der Waals surface area contributed by atoms with Crippen molar-refractivity contribution in [2.45, 2.75) is 12.5 Å². The van der Waals surface area contributed by atoms with Crippen LogP contribution in [0.4, 0.5) is 0 Å². The summed E-state index contributed by atoms with van der Waals surface area (Å²) in [5.74, 6) is -0.487. The molecule has 3 N–H and O–H groups in total. The van der Waals surface area contributed by atoms with Gasteiger partial charge in [-0.1, -0.05) is 18.2 Å². The predicted molar refractivity (Wildman–Crippen MR) is 75.5 cm³/mol. The number of esters is 1. The zero-order valence-corrected chi connectivity index (χ0v) is 11.2. The summed E-state index contributed by atoms with van der Waals surface area (Å²) < 4.78 is 4.58. The lowest BCUT2D eigenvalue weighted by atomic mass is 10.0. The molecule has 2 rings (SSSR count). The van der Waals surface area contributed by atoms with Crippen LogP contribution in [0, 0.1) is 0 Å². The third-order valence-electron chi connectivity index (χ3n) is 2.78. The third kappa shape index (κ3) is 3.33. The van der Waals surface area contributed by atoms with Gasteiger partial charge in [0.2, 0.25) is 5.56 Å². The molecule has 0 spiro atoms. The number of benzene rings is 1. The Balaban J connectivity index is 0.00000180. The van der Waals surface area contributed by atoms with Crippen molar-refractivity contribution in [3.63, 3.8) is 0 Å². The van der Waals surface area contributed by atoms with E-state index in [9.17, 15) is 9.59 Å². The predicted octanol–water partition coefficient (Wildman–Crippen LogP) is 0.993. The topological polar surface area (TPSA) is 85.2 Å². The van der Waals surface area contributed by atoms with E-state index in [-0.39, 0.29) is 24.4 Å². The Morgan fingerprint density at radius 3 is 2.79 bits per heavy atom. The van der Waals surface area contributed by atoms with Crippen LogP contribution in [0.5, 0.6) is 0 Å². The molecule has 0 aliphatic heterocycles. The molecule has 1 aromatic heterocycles. The van der Waals surface area contributed by atoms with Gasteiger partial charge in [-0.2, -0.15) is 0 Å². The Labute approximate surface area is 116 Å². The van der Waals surface area contributed by atoms with Crippen molar-refractivity contribution < 1.29 is 9.53 Å². The van der Waals surface area contributed by atoms with Crippen molar-refractivity contribution in [2.24, 2.45) is 5.73 Å². The molecule has 19 heavy (non-hydrogen) atoms. The number of nitrogens with one attached hydrogen (secondary N) is 1. The highest BCUT2D eigenvalue weighted by Crippen LogP contribution is 2.15. The number of ether oxygens (including phenoxy) is 1. The molecule has 102 valence electrons. The van der Waals surface area contributed by atoms with E-state index in [0.717, 1.165) is 16.5 Å². The van der Waals surface area contributed by atoms with Gasteiger partial charge in [0.25, 0.3) is 0 Å². The van der Waals surface area contributed by atoms with Crippen LogP contribution in [-0.4, -0.2) is 24.1 Å². The Hall–Kier alpha value is -1.85. The Morgan fingerprint density at radius 2 is 2.11 bits per heavy atom. The van der Waals surface area contributed by atoms with Crippen molar-refractivity contribution in [2.75, 3.05) is 7.11 Å². The monoisotopic (exact) mass is 282 g/mol. The SMILES string of the molecule is COC(=O)C(N)Cc1cc(=O)[nH]c2ccccc12.Cl. The van der Waals surface area contributed by atoms with Gasteiger partial charge in [-0.15, -0.1) is 12.4 Å². The maximum atomic E-state index is 11.5. The number of rotatable bonds is 3. The number of fused-ring (bicyclic) bond motifs is 1. The highest BCUT2D eigenvalue weighted by atomic mass is 35.5. The molecular weight excluding hydrogens is 268 g/mol. The van der Waals surface area contributed by atoms with E-state index < -0.39 is 12.0 Å². The number of carbonyl (C=O) groups is 1. The fourth-order valence-corrected chi connectivity index (χ4v) is 1.92. The molecule has 1 atom stereocenters. The van der Waals surface area contributed by atoms with Crippen molar-refractivity contribution >= 4 is 29.3 Å². The van der Waals surface area contributed by atoms with Crippen molar-refractivity contribution in [1.29, 1.82) is 0 Å². The zero-order valence-electron chi connectivity index (χ0n) is 10.4. The third-order valence-corrected chi connectivity index (χ3v) is 2.78. The van der Waals surface area contributed by atoms with Crippen LogP contribution in [0.25, 0.3) is 10.9 Å². The molecular formula is C13H15ClN2O3. The smallest absolute Gasteiger partial charge is 0.322 e. The number of aromatic amines is 1. The average Bonchev–Trinajstić information content (AvgIpc) is 2.37. The van der Waals surface area contributed by atoms with Crippen LogP contribution in [0.3, 0.4) is 0 Å². The number of H-pyrrole nitrogens is 1. The molecule has 0 aliphatic carbocycles. The zero-order chi connectivity index (χ0) is 13.1. The van der Waals surface area contributed by atoms with Crippen LogP contribution in [0.1, 0.15) is 5.56 Å². The number of halogens is 1. The van der Waals surface area contributed by atoms with E-state index in [1.807, 2.05) is 24.3 Å². The summed E-state index contributed by atoms with van der Waals surface area (Å²) in [6.45, 7) is 0. The van der Waals surface area contributed by atoms with Gasteiger partial charge < -0.3 is 15.5 Å². The first-order valence-corrected chi connectivity index (χ1v) is 5.56. The van der Waals surface area contributed by atoms with E-state index in [4.69, 9.17) is 5.73 Å². The maximum Gasteiger partial charge on any atom is 0.322 e. The average molecular weight is 283 g/mol. The minimum atomic E-state index is -0.764. The number of para-hydroxylation sites is 1. The molecule has 5 nitrogen and oxygen atoms in total. The standard InChI is InChI=1S/C13H14N2O3.ClH/c1-18-13(17)10(14)6-8-7-12(16)15-11-5-3-2-4-9(8)11;/h2-5,7,10H,6,14H2,1H3,(H,15,16);1H. The van der Waals surface area contributed by atoms with E-state index in [1.165, 1.54) is 13.2 Å². The number of hydrogen-bond donors (Lipinski definition) is 2. The van der Waals surface area contributed by atoms with Crippen LogP contribution < -0.4 is 11.3 Å². The van der Waals surface area contributed by atoms with Crippen molar-refractivity contribution in [1.82, 2.24) is 4.98 Å². The molecule has 0 aliphatic rings. The van der Waals surface area contributed by atoms with Gasteiger partial charge in [-0.25, -0.2) is 0 Å². The maximum absolute atomic E-state index is 11.5. The summed E-state index contributed by atoms with van der Waals surface area (Å²) in [6, 6.07) is 8.09. The summed E-state index contributed by atoms with van der Waals surface area (Å²) in [7, 11) is 1.29. The summed E-state index contributed by atoms with van der Waals surface area (Å²) in [5, 5.41) is 0.886. The number of hydrogen-bond acceptors (Lipinski definition) is 4. The number of pyridine rings is 1. The molecule has 2 aromatic rings. The fraction of sp³-hybridized carbons (Fsp3) is 0.231.